The fourth-order valence-corrected chi connectivity index (χ4v) is 3.45. The van der Waals surface area contributed by atoms with Crippen LogP contribution in [-0.4, -0.2) is 41.3 Å². The Morgan fingerprint density at radius 2 is 2.05 bits per heavy atom. The zero-order chi connectivity index (χ0) is 13.3. The Balaban J connectivity index is 1.65. The second-order valence-electron chi connectivity index (χ2n) is 6.00. The summed E-state index contributed by atoms with van der Waals surface area (Å²) in [5.41, 5.74) is 2.01. The van der Waals surface area contributed by atoms with Gasteiger partial charge in [0.1, 0.15) is 0 Å². The molecule has 0 bridgehead atoms. The minimum Gasteiger partial charge on any atom is -0.388 e. The number of nitrogens with one attached hydrogen (secondary N) is 1. The lowest BCUT2D eigenvalue weighted by atomic mass is 9.83. The Bertz CT molecular complexity index is 413. The van der Waals surface area contributed by atoms with Gasteiger partial charge in [0.25, 0.3) is 0 Å². The van der Waals surface area contributed by atoms with Gasteiger partial charge < -0.3 is 15.3 Å². The highest BCUT2D eigenvalue weighted by atomic mass is 16.3. The van der Waals surface area contributed by atoms with Crippen molar-refractivity contribution in [3.63, 3.8) is 0 Å². The average Bonchev–Trinajstić information content (AvgIpc) is 2.86. The predicted octanol–water partition coefficient (Wildman–Crippen LogP) is 2.26. The number of rotatable bonds is 3. The van der Waals surface area contributed by atoms with Crippen molar-refractivity contribution in [2.75, 3.05) is 25.0 Å². The van der Waals surface area contributed by atoms with E-state index in [0.29, 0.717) is 0 Å². The van der Waals surface area contributed by atoms with Gasteiger partial charge in [0, 0.05) is 18.8 Å². The summed E-state index contributed by atoms with van der Waals surface area (Å²) in [6.07, 6.45) is 3.93. The molecule has 1 saturated heterocycles. The van der Waals surface area contributed by atoms with Gasteiger partial charge in [-0.3, -0.25) is 0 Å². The Labute approximate surface area is 115 Å². The molecule has 0 aromatic heterocycles. The van der Waals surface area contributed by atoms with Crippen molar-refractivity contribution in [1.82, 2.24) is 4.90 Å². The largest absolute Gasteiger partial charge is 0.388 e. The standard InChI is InChI=1S/C16H24N2O/c1-2-9-18-10-7-16(19,8-11-18)15-12-13-5-3-4-6-14(13)17-15/h3-6,15,17,19H,2,7-12H2,1H3. The number of hydrogen-bond donors (Lipinski definition) is 2. The molecule has 1 atom stereocenters. The van der Waals surface area contributed by atoms with Crippen molar-refractivity contribution in [2.45, 2.75) is 44.2 Å². The van der Waals surface area contributed by atoms with Gasteiger partial charge in [-0.15, -0.1) is 0 Å². The molecule has 2 heterocycles. The van der Waals surface area contributed by atoms with Crippen molar-refractivity contribution >= 4 is 5.69 Å². The van der Waals surface area contributed by atoms with E-state index in [-0.39, 0.29) is 6.04 Å². The van der Waals surface area contributed by atoms with Crippen LogP contribution in [0.3, 0.4) is 0 Å². The van der Waals surface area contributed by atoms with Gasteiger partial charge in [-0.25, -0.2) is 0 Å². The minimum absolute atomic E-state index is 0.189. The summed E-state index contributed by atoms with van der Waals surface area (Å²) in [7, 11) is 0. The van der Waals surface area contributed by atoms with E-state index in [4.69, 9.17) is 0 Å². The number of aliphatic hydroxyl groups is 1. The van der Waals surface area contributed by atoms with E-state index in [0.717, 1.165) is 38.9 Å². The third-order valence-corrected chi connectivity index (χ3v) is 4.68. The Hall–Kier alpha value is -1.06. The van der Waals surface area contributed by atoms with E-state index in [9.17, 15) is 5.11 Å². The molecule has 0 spiro atoms. The lowest BCUT2D eigenvalue weighted by Crippen LogP contribution is -2.53. The second-order valence-corrected chi connectivity index (χ2v) is 6.00. The van der Waals surface area contributed by atoms with Crippen molar-refractivity contribution in [3.8, 4) is 0 Å². The number of para-hydroxylation sites is 1. The number of hydrogen-bond acceptors (Lipinski definition) is 3. The van der Waals surface area contributed by atoms with Crippen LogP contribution in [0.1, 0.15) is 31.7 Å². The van der Waals surface area contributed by atoms with Crippen LogP contribution in [0.2, 0.25) is 0 Å². The van der Waals surface area contributed by atoms with E-state index in [1.54, 1.807) is 0 Å². The van der Waals surface area contributed by atoms with Gasteiger partial charge in [0.2, 0.25) is 0 Å². The Kier molecular flexibility index (Phi) is 3.50. The Morgan fingerprint density at radius 1 is 1.32 bits per heavy atom. The van der Waals surface area contributed by atoms with Crippen molar-refractivity contribution in [1.29, 1.82) is 0 Å². The number of likely N-dealkylation sites (tertiary alicyclic amines) is 1. The topological polar surface area (TPSA) is 35.5 Å². The van der Waals surface area contributed by atoms with Gasteiger partial charge in [0.15, 0.2) is 0 Å². The fraction of sp³-hybridized carbons (Fsp3) is 0.625. The second kappa shape index (κ2) is 5.14. The van der Waals surface area contributed by atoms with E-state index in [1.807, 2.05) is 0 Å². The summed E-state index contributed by atoms with van der Waals surface area (Å²) >= 11 is 0. The molecule has 1 aromatic rings. The van der Waals surface area contributed by atoms with Crippen LogP contribution in [0.5, 0.6) is 0 Å². The zero-order valence-corrected chi connectivity index (χ0v) is 11.7. The van der Waals surface area contributed by atoms with Crippen molar-refractivity contribution < 1.29 is 5.11 Å². The van der Waals surface area contributed by atoms with Crippen LogP contribution in [0.15, 0.2) is 24.3 Å². The van der Waals surface area contributed by atoms with Gasteiger partial charge in [-0.2, -0.15) is 0 Å². The minimum atomic E-state index is -0.538. The summed E-state index contributed by atoms with van der Waals surface area (Å²) in [4.78, 5) is 2.47. The third-order valence-electron chi connectivity index (χ3n) is 4.68. The first-order valence-corrected chi connectivity index (χ1v) is 7.50. The quantitative estimate of drug-likeness (QED) is 0.875. The van der Waals surface area contributed by atoms with Crippen LogP contribution in [0, 0.1) is 0 Å². The fourth-order valence-electron chi connectivity index (χ4n) is 3.45. The van der Waals surface area contributed by atoms with Crippen LogP contribution in [0.4, 0.5) is 5.69 Å². The van der Waals surface area contributed by atoms with E-state index < -0.39 is 5.60 Å². The maximum absolute atomic E-state index is 10.9. The summed E-state index contributed by atoms with van der Waals surface area (Å²) < 4.78 is 0. The Morgan fingerprint density at radius 3 is 2.74 bits per heavy atom. The number of piperidine rings is 1. The number of nitrogens with zero attached hydrogens (tertiary/aromatic N) is 1. The molecule has 0 amide bonds. The molecule has 104 valence electrons. The summed E-state index contributed by atoms with van der Waals surface area (Å²) in [5.74, 6) is 0. The van der Waals surface area contributed by atoms with Crippen LogP contribution in [-0.2, 0) is 6.42 Å². The van der Waals surface area contributed by atoms with Crippen molar-refractivity contribution in [2.24, 2.45) is 0 Å². The van der Waals surface area contributed by atoms with Crippen LogP contribution in [0.25, 0.3) is 0 Å². The highest BCUT2D eigenvalue weighted by Crippen LogP contribution is 2.35. The van der Waals surface area contributed by atoms with E-state index >= 15 is 0 Å². The maximum atomic E-state index is 10.9. The van der Waals surface area contributed by atoms with E-state index in [1.165, 1.54) is 17.7 Å². The molecule has 3 heteroatoms. The van der Waals surface area contributed by atoms with Gasteiger partial charge in [0.05, 0.1) is 11.6 Å². The maximum Gasteiger partial charge on any atom is 0.0875 e. The third kappa shape index (κ3) is 2.49. The molecule has 2 N–H and O–H groups in total. The van der Waals surface area contributed by atoms with Gasteiger partial charge >= 0.3 is 0 Å². The molecule has 3 nitrogen and oxygen atoms in total. The monoisotopic (exact) mass is 260 g/mol. The van der Waals surface area contributed by atoms with Crippen LogP contribution >= 0.6 is 0 Å². The molecule has 0 saturated carbocycles. The highest BCUT2D eigenvalue weighted by Gasteiger charge is 2.42. The number of benzene rings is 1. The lowest BCUT2D eigenvalue weighted by Gasteiger charge is -2.41. The molecule has 1 unspecified atom stereocenters. The van der Waals surface area contributed by atoms with Gasteiger partial charge in [-0.05, 0) is 43.9 Å². The molecule has 2 aliphatic rings. The summed E-state index contributed by atoms with van der Waals surface area (Å²) in [6.45, 7) is 5.43. The molecule has 1 aromatic carbocycles. The first-order valence-electron chi connectivity index (χ1n) is 7.50. The zero-order valence-electron chi connectivity index (χ0n) is 11.7. The first-order chi connectivity index (χ1) is 9.21. The predicted molar refractivity (Wildman–Crippen MR) is 78.5 cm³/mol. The molecule has 0 aliphatic carbocycles. The molecule has 0 radical (unpaired) electrons. The van der Waals surface area contributed by atoms with E-state index in [2.05, 4.69) is 41.4 Å². The molecule has 2 aliphatic heterocycles. The molecular weight excluding hydrogens is 236 g/mol. The summed E-state index contributed by atoms with van der Waals surface area (Å²) in [6, 6.07) is 8.61. The molecule has 3 rings (SSSR count). The average molecular weight is 260 g/mol. The molecule has 19 heavy (non-hydrogen) atoms. The highest BCUT2D eigenvalue weighted by molar-refractivity contribution is 5.57. The summed E-state index contributed by atoms with van der Waals surface area (Å²) in [5, 5.41) is 14.5. The normalized spacial score (nSPS) is 25.9. The smallest absolute Gasteiger partial charge is 0.0875 e. The van der Waals surface area contributed by atoms with Gasteiger partial charge in [-0.1, -0.05) is 25.1 Å². The number of fused-ring (bicyclic) bond motifs is 1. The van der Waals surface area contributed by atoms with Crippen LogP contribution < -0.4 is 5.32 Å². The SMILES string of the molecule is CCCN1CCC(O)(C2Cc3ccccc3N2)CC1. The molecular formula is C16H24N2O. The first kappa shape index (κ1) is 12.9. The van der Waals surface area contributed by atoms with Crippen molar-refractivity contribution in [3.05, 3.63) is 29.8 Å². The lowest BCUT2D eigenvalue weighted by molar-refractivity contribution is -0.0341. The molecule has 1 fully saturated rings. The number of anilines is 1.